The van der Waals surface area contributed by atoms with E-state index >= 15 is 0 Å². The molecule has 1 saturated heterocycles. The van der Waals surface area contributed by atoms with Gasteiger partial charge in [0.15, 0.2) is 0 Å². The summed E-state index contributed by atoms with van der Waals surface area (Å²) < 4.78 is 0. The molecule has 6 heteroatoms. The standard InChI is InChI=1S/C14H21N3OS2/c1-9-10(2)19-8-6-17(9)14(18)16-12(11-3-4-11)13-15-5-7-20-13/h5,7,9-12H,3-4,6,8H2,1-2H3,(H,16,18)/t9-,10-,12+/m0/s1. The second-order valence-electron chi connectivity index (χ2n) is 5.64. The molecule has 1 saturated carbocycles. The van der Waals surface area contributed by atoms with Gasteiger partial charge >= 0.3 is 6.03 Å². The molecule has 1 N–H and O–H groups in total. The molecule has 1 aliphatic heterocycles. The van der Waals surface area contributed by atoms with E-state index in [-0.39, 0.29) is 12.1 Å². The summed E-state index contributed by atoms with van der Waals surface area (Å²) in [4.78, 5) is 19.0. The highest BCUT2D eigenvalue weighted by Gasteiger charge is 2.37. The first kappa shape index (κ1) is 14.2. The van der Waals surface area contributed by atoms with Crippen LogP contribution < -0.4 is 5.32 Å². The Balaban J connectivity index is 1.67. The number of hydrogen-bond acceptors (Lipinski definition) is 4. The Morgan fingerprint density at radius 1 is 1.50 bits per heavy atom. The normalized spacial score (nSPS) is 28.2. The zero-order chi connectivity index (χ0) is 14.1. The summed E-state index contributed by atoms with van der Waals surface area (Å²) in [5.41, 5.74) is 0. The summed E-state index contributed by atoms with van der Waals surface area (Å²) in [6.45, 7) is 5.19. The van der Waals surface area contributed by atoms with Gasteiger partial charge in [-0.05, 0) is 25.7 Å². The molecule has 3 atom stereocenters. The molecule has 2 aliphatic rings. The molecule has 1 aromatic heterocycles. The van der Waals surface area contributed by atoms with E-state index in [4.69, 9.17) is 0 Å². The summed E-state index contributed by atoms with van der Waals surface area (Å²) in [5.74, 6) is 1.61. The third-order valence-corrected chi connectivity index (χ3v) is 6.43. The Labute approximate surface area is 128 Å². The first-order chi connectivity index (χ1) is 9.66. The third-order valence-electron chi connectivity index (χ3n) is 4.23. The number of urea groups is 1. The fourth-order valence-corrected chi connectivity index (χ4v) is 4.51. The van der Waals surface area contributed by atoms with Crippen LogP contribution >= 0.6 is 23.1 Å². The molecule has 4 nitrogen and oxygen atoms in total. The zero-order valence-electron chi connectivity index (χ0n) is 11.9. The van der Waals surface area contributed by atoms with Crippen molar-refractivity contribution in [2.24, 2.45) is 5.92 Å². The van der Waals surface area contributed by atoms with Crippen LogP contribution in [0.4, 0.5) is 4.79 Å². The highest BCUT2D eigenvalue weighted by atomic mass is 32.2. The first-order valence-corrected chi connectivity index (χ1v) is 9.18. The van der Waals surface area contributed by atoms with E-state index in [0.29, 0.717) is 17.2 Å². The van der Waals surface area contributed by atoms with Crippen LogP contribution in [0, 0.1) is 5.92 Å². The lowest BCUT2D eigenvalue weighted by Gasteiger charge is -2.38. The summed E-state index contributed by atoms with van der Waals surface area (Å²) >= 11 is 3.59. The summed E-state index contributed by atoms with van der Waals surface area (Å²) in [5, 5.41) is 6.77. The Hall–Kier alpha value is -0.750. The van der Waals surface area contributed by atoms with Crippen molar-refractivity contribution in [1.82, 2.24) is 15.2 Å². The molecule has 0 bridgehead atoms. The summed E-state index contributed by atoms with van der Waals surface area (Å²) in [6.07, 6.45) is 4.22. The second-order valence-corrected chi connectivity index (χ2v) is 8.06. The topological polar surface area (TPSA) is 45.2 Å². The number of carbonyl (C=O) groups excluding carboxylic acids is 1. The van der Waals surface area contributed by atoms with Crippen molar-refractivity contribution in [1.29, 1.82) is 0 Å². The number of rotatable bonds is 3. The molecule has 0 unspecified atom stereocenters. The van der Waals surface area contributed by atoms with Gasteiger partial charge in [0.2, 0.25) is 0 Å². The van der Waals surface area contributed by atoms with Crippen LogP contribution in [0.1, 0.15) is 37.7 Å². The van der Waals surface area contributed by atoms with Crippen molar-refractivity contribution in [2.45, 2.75) is 44.0 Å². The highest BCUT2D eigenvalue weighted by molar-refractivity contribution is 8.00. The maximum atomic E-state index is 12.6. The Bertz CT molecular complexity index is 461. The molecule has 1 aromatic rings. The van der Waals surface area contributed by atoms with Crippen molar-refractivity contribution in [3.63, 3.8) is 0 Å². The average molecular weight is 311 g/mol. The summed E-state index contributed by atoms with van der Waals surface area (Å²) in [7, 11) is 0. The molecule has 1 aliphatic carbocycles. The van der Waals surface area contributed by atoms with E-state index in [1.54, 1.807) is 11.3 Å². The van der Waals surface area contributed by atoms with Gasteiger partial charge in [-0.1, -0.05) is 6.92 Å². The predicted octanol–water partition coefficient (Wildman–Crippen LogP) is 3.13. The minimum absolute atomic E-state index is 0.0803. The van der Waals surface area contributed by atoms with Gasteiger partial charge in [-0.25, -0.2) is 9.78 Å². The van der Waals surface area contributed by atoms with Crippen LogP contribution in [-0.2, 0) is 0 Å². The third kappa shape index (κ3) is 2.96. The van der Waals surface area contributed by atoms with E-state index in [2.05, 4.69) is 24.1 Å². The quantitative estimate of drug-likeness (QED) is 0.933. The molecular formula is C14H21N3OS2. The van der Waals surface area contributed by atoms with E-state index in [1.165, 1.54) is 12.8 Å². The number of amides is 2. The Morgan fingerprint density at radius 2 is 2.30 bits per heavy atom. The lowest BCUT2D eigenvalue weighted by atomic mass is 10.2. The zero-order valence-corrected chi connectivity index (χ0v) is 13.5. The fraction of sp³-hybridized carbons (Fsp3) is 0.714. The SMILES string of the molecule is C[C@@H]1SCCN(C(=O)N[C@@H](c2nccs2)C2CC2)[C@H]1C. The van der Waals surface area contributed by atoms with Crippen LogP contribution in [0.3, 0.4) is 0 Å². The van der Waals surface area contributed by atoms with Gasteiger partial charge in [0.25, 0.3) is 0 Å². The smallest absolute Gasteiger partial charge is 0.318 e. The molecule has 2 fully saturated rings. The molecule has 0 spiro atoms. The van der Waals surface area contributed by atoms with Crippen LogP contribution in [0.2, 0.25) is 0 Å². The van der Waals surface area contributed by atoms with Crippen molar-refractivity contribution < 1.29 is 4.79 Å². The molecule has 0 aromatic carbocycles. The lowest BCUT2D eigenvalue weighted by molar-refractivity contribution is 0.175. The van der Waals surface area contributed by atoms with Gasteiger partial charge in [0.05, 0.1) is 6.04 Å². The largest absolute Gasteiger partial charge is 0.328 e. The van der Waals surface area contributed by atoms with E-state index in [1.807, 2.05) is 28.2 Å². The van der Waals surface area contributed by atoms with Crippen LogP contribution in [-0.4, -0.2) is 39.5 Å². The lowest BCUT2D eigenvalue weighted by Crippen LogP contribution is -2.52. The highest BCUT2D eigenvalue weighted by Crippen LogP contribution is 2.41. The van der Waals surface area contributed by atoms with E-state index in [0.717, 1.165) is 17.3 Å². The van der Waals surface area contributed by atoms with Gasteiger partial charge in [-0.3, -0.25) is 0 Å². The maximum Gasteiger partial charge on any atom is 0.318 e. The van der Waals surface area contributed by atoms with E-state index in [9.17, 15) is 4.79 Å². The minimum atomic E-state index is 0.0803. The molecule has 3 rings (SSSR count). The molecule has 2 amide bonds. The number of nitrogens with zero attached hydrogens (tertiary/aromatic N) is 2. The monoisotopic (exact) mass is 311 g/mol. The molecule has 2 heterocycles. The molecule has 0 radical (unpaired) electrons. The maximum absolute atomic E-state index is 12.6. The van der Waals surface area contributed by atoms with Gasteiger partial charge in [0.1, 0.15) is 5.01 Å². The van der Waals surface area contributed by atoms with Gasteiger partial charge < -0.3 is 10.2 Å². The number of hydrogen-bond donors (Lipinski definition) is 1. The van der Waals surface area contributed by atoms with Crippen molar-refractivity contribution in [3.05, 3.63) is 16.6 Å². The van der Waals surface area contributed by atoms with Crippen molar-refractivity contribution >= 4 is 29.1 Å². The van der Waals surface area contributed by atoms with Crippen LogP contribution in [0.15, 0.2) is 11.6 Å². The summed E-state index contributed by atoms with van der Waals surface area (Å²) in [6, 6.07) is 0.487. The van der Waals surface area contributed by atoms with Crippen molar-refractivity contribution in [2.75, 3.05) is 12.3 Å². The minimum Gasteiger partial charge on any atom is -0.328 e. The number of nitrogens with one attached hydrogen (secondary N) is 1. The fourth-order valence-electron chi connectivity index (χ4n) is 2.63. The average Bonchev–Trinajstić information content (AvgIpc) is 3.13. The van der Waals surface area contributed by atoms with Crippen LogP contribution in [0.25, 0.3) is 0 Å². The molecule has 20 heavy (non-hydrogen) atoms. The van der Waals surface area contributed by atoms with Gasteiger partial charge in [0, 0.05) is 35.2 Å². The van der Waals surface area contributed by atoms with Gasteiger partial charge in [-0.2, -0.15) is 11.8 Å². The Kier molecular flexibility index (Phi) is 4.21. The second kappa shape index (κ2) is 5.93. The number of thioether (sulfide) groups is 1. The number of thiazole rings is 1. The van der Waals surface area contributed by atoms with Gasteiger partial charge in [-0.15, -0.1) is 11.3 Å². The van der Waals surface area contributed by atoms with Crippen LogP contribution in [0.5, 0.6) is 0 Å². The molecule has 110 valence electrons. The first-order valence-electron chi connectivity index (χ1n) is 7.25. The number of carbonyl (C=O) groups is 1. The Morgan fingerprint density at radius 3 is 2.95 bits per heavy atom. The van der Waals surface area contributed by atoms with E-state index < -0.39 is 0 Å². The predicted molar refractivity (Wildman–Crippen MR) is 84.2 cm³/mol. The van der Waals surface area contributed by atoms with Crippen molar-refractivity contribution in [3.8, 4) is 0 Å². The number of aromatic nitrogens is 1. The molecular weight excluding hydrogens is 290 g/mol.